The Bertz CT molecular complexity index is 970. The van der Waals surface area contributed by atoms with Gasteiger partial charge in [0.1, 0.15) is 11.5 Å². The number of amides is 1. The quantitative estimate of drug-likeness (QED) is 0.768. The first-order valence-corrected chi connectivity index (χ1v) is 9.84. The number of aromatic amines is 1. The lowest BCUT2D eigenvalue weighted by atomic mass is 9.97. The molecular weight excluding hydrogens is 338 g/mol. The van der Waals surface area contributed by atoms with E-state index in [0.717, 1.165) is 54.8 Å². The second-order valence-corrected chi connectivity index (χ2v) is 7.58. The SMILES string of the molecule is CCCc1cc(C(=O)N2CCC[C@H](c3nc4c(C)cccc4[nH]3)C2)n(C)n1. The standard InChI is InChI=1S/C21H27N5O/c1-4-7-16-12-18(25(3)24-16)21(27)26-11-6-9-15(13-26)20-22-17-10-5-8-14(2)19(17)23-20/h5,8,10,12,15H,4,6-7,9,11,13H2,1-3H3,(H,22,23)/t15-/m0/s1. The van der Waals surface area contributed by atoms with Gasteiger partial charge in [-0.05, 0) is 43.9 Å². The third kappa shape index (κ3) is 3.36. The first kappa shape index (κ1) is 17.8. The minimum absolute atomic E-state index is 0.0735. The molecule has 0 bridgehead atoms. The smallest absolute Gasteiger partial charge is 0.272 e. The minimum atomic E-state index is 0.0735. The van der Waals surface area contributed by atoms with Crippen molar-refractivity contribution in [3.05, 3.63) is 47.0 Å². The number of likely N-dealkylation sites (tertiary alicyclic amines) is 1. The fraction of sp³-hybridized carbons (Fsp3) is 0.476. The first-order valence-electron chi connectivity index (χ1n) is 9.84. The number of nitrogens with zero attached hydrogens (tertiary/aromatic N) is 4. The Kier molecular flexibility index (Phi) is 4.72. The fourth-order valence-electron chi connectivity index (χ4n) is 4.04. The number of hydrogen-bond donors (Lipinski definition) is 1. The summed E-state index contributed by atoms with van der Waals surface area (Å²) < 4.78 is 1.72. The topological polar surface area (TPSA) is 66.8 Å². The van der Waals surface area contributed by atoms with Crippen molar-refractivity contribution in [1.82, 2.24) is 24.6 Å². The van der Waals surface area contributed by atoms with Crippen molar-refractivity contribution in [2.24, 2.45) is 7.05 Å². The van der Waals surface area contributed by atoms with Crippen molar-refractivity contribution in [2.75, 3.05) is 13.1 Å². The number of H-pyrrole nitrogens is 1. The second kappa shape index (κ2) is 7.18. The molecule has 0 spiro atoms. The number of benzene rings is 1. The summed E-state index contributed by atoms with van der Waals surface area (Å²) in [5.41, 5.74) is 4.96. The van der Waals surface area contributed by atoms with Crippen molar-refractivity contribution in [2.45, 2.75) is 45.4 Å². The second-order valence-electron chi connectivity index (χ2n) is 7.58. The molecule has 0 saturated carbocycles. The van der Waals surface area contributed by atoms with Gasteiger partial charge in [0.2, 0.25) is 0 Å². The summed E-state index contributed by atoms with van der Waals surface area (Å²) in [5.74, 6) is 1.32. The molecule has 1 aromatic carbocycles. The number of nitrogens with one attached hydrogen (secondary N) is 1. The van der Waals surface area contributed by atoms with Crippen molar-refractivity contribution >= 4 is 16.9 Å². The zero-order valence-electron chi connectivity index (χ0n) is 16.3. The van der Waals surface area contributed by atoms with Gasteiger partial charge in [0, 0.05) is 26.1 Å². The van der Waals surface area contributed by atoms with Crippen LogP contribution in [0.5, 0.6) is 0 Å². The number of para-hydroxylation sites is 1. The van der Waals surface area contributed by atoms with Gasteiger partial charge < -0.3 is 9.88 Å². The number of carbonyl (C=O) groups is 1. The van der Waals surface area contributed by atoms with Crippen molar-refractivity contribution in [3.63, 3.8) is 0 Å². The highest BCUT2D eigenvalue weighted by molar-refractivity contribution is 5.92. The van der Waals surface area contributed by atoms with E-state index in [4.69, 9.17) is 4.98 Å². The molecule has 1 aliphatic heterocycles. The molecule has 27 heavy (non-hydrogen) atoms. The van der Waals surface area contributed by atoms with Gasteiger partial charge in [0.05, 0.1) is 16.7 Å². The average molecular weight is 365 g/mol. The van der Waals surface area contributed by atoms with E-state index in [9.17, 15) is 4.79 Å². The van der Waals surface area contributed by atoms with Crippen LogP contribution in [0, 0.1) is 6.92 Å². The number of rotatable bonds is 4. The van der Waals surface area contributed by atoms with Gasteiger partial charge in [-0.15, -0.1) is 0 Å². The molecule has 3 aromatic rings. The van der Waals surface area contributed by atoms with E-state index < -0.39 is 0 Å². The molecule has 3 heterocycles. The molecule has 1 amide bonds. The van der Waals surface area contributed by atoms with E-state index in [0.29, 0.717) is 12.2 Å². The maximum atomic E-state index is 13.1. The summed E-state index contributed by atoms with van der Waals surface area (Å²) >= 11 is 0. The van der Waals surface area contributed by atoms with E-state index in [2.05, 4.69) is 36.1 Å². The van der Waals surface area contributed by atoms with Gasteiger partial charge in [-0.2, -0.15) is 5.10 Å². The number of fused-ring (bicyclic) bond motifs is 1. The van der Waals surface area contributed by atoms with E-state index in [-0.39, 0.29) is 11.8 Å². The van der Waals surface area contributed by atoms with Crippen LogP contribution in [-0.4, -0.2) is 43.6 Å². The molecular formula is C21H27N5O. The van der Waals surface area contributed by atoms with Crippen LogP contribution in [-0.2, 0) is 13.5 Å². The van der Waals surface area contributed by atoms with Crippen LogP contribution >= 0.6 is 0 Å². The van der Waals surface area contributed by atoms with Crippen LogP contribution < -0.4 is 0 Å². The van der Waals surface area contributed by atoms with Crippen LogP contribution in [0.1, 0.15) is 59.7 Å². The molecule has 2 aromatic heterocycles. The number of piperidine rings is 1. The molecule has 142 valence electrons. The Hall–Kier alpha value is -2.63. The Balaban J connectivity index is 1.55. The number of aromatic nitrogens is 4. The van der Waals surface area contributed by atoms with Gasteiger partial charge in [-0.3, -0.25) is 9.48 Å². The number of hydrogen-bond acceptors (Lipinski definition) is 3. The predicted molar refractivity (Wildman–Crippen MR) is 106 cm³/mol. The highest BCUT2D eigenvalue weighted by Crippen LogP contribution is 2.28. The maximum Gasteiger partial charge on any atom is 0.272 e. The lowest BCUT2D eigenvalue weighted by Crippen LogP contribution is -2.40. The summed E-state index contributed by atoms with van der Waals surface area (Å²) in [6.45, 7) is 5.70. The first-order chi connectivity index (χ1) is 13.1. The molecule has 6 nitrogen and oxygen atoms in total. The number of aryl methyl sites for hydroxylation is 3. The maximum absolute atomic E-state index is 13.1. The van der Waals surface area contributed by atoms with Crippen LogP contribution in [0.25, 0.3) is 11.0 Å². The zero-order chi connectivity index (χ0) is 19.0. The zero-order valence-corrected chi connectivity index (χ0v) is 16.3. The number of imidazole rings is 1. The summed E-state index contributed by atoms with van der Waals surface area (Å²) in [7, 11) is 1.86. The monoisotopic (exact) mass is 365 g/mol. The van der Waals surface area contributed by atoms with E-state index >= 15 is 0 Å². The van der Waals surface area contributed by atoms with Crippen LogP contribution in [0.3, 0.4) is 0 Å². The molecule has 0 radical (unpaired) electrons. The Morgan fingerprint density at radius 1 is 1.37 bits per heavy atom. The van der Waals surface area contributed by atoms with Crippen LogP contribution in [0.2, 0.25) is 0 Å². The summed E-state index contributed by atoms with van der Waals surface area (Å²) in [6.07, 6.45) is 3.98. The molecule has 1 aliphatic rings. The predicted octanol–water partition coefficient (Wildman–Crippen LogP) is 3.58. The van der Waals surface area contributed by atoms with Gasteiger partial charge >= 0.3 is 0 Å². The highest BCUT2D eigenvalue weighted by atomic mass is 16.2. The summed E-state index contributed by atoms with van der Waals surface area (Å²) in [4.78, 5) is 23.3. The largest absolute Gasteiger partial charge is 0.342 e. The van der Waals surface area contributed by atoms with Crippen LogP contribution in [0.15, 0.2) is 24.3 Å². The van der Waals surface area contributed by atoms with Crippen molar-refractivity contribution in [3.8, 4) is 0 Å². The fourth-order valence-corrected chi connectivity index (χ4v) is 4.04. The van der Waals surface area contributed by atoms with E-state index in [1.807, 2.05) is 24.1 Å². The lowest BCUT2D eigenvalue weighted by molar-refractivity contribution is 0.0693. The molecule has 1 N–H and O–H groups in total. The number of carbonyl (C=O) groups excluding carboxylic acids is 1. The minimum Gasteiger partial charge on any atom is -0.342 e. The van der Waals surface area contributed by atoms with E-state index in [1.165, 1.54) is 5.56 Å². The molecule has 1 saturated heterocycles. The molecule has 1 atom stereocenters. The van der Waals surface area contributed by atoms with Gasteiger partial charge in [-0.25, -0.2) is 4.98 Å². The average Bonchev–Trinajstić information content (AvgIpc) is 3.26. The summed E-state index contributed by atoms with van der Waals surface area (Å²) in [6, 6.07) is 8.14. The van der Waals surface area contributed by atoms with E-state index in [1.54, 1.807) is 4.68 Å². The Morgan fingerprint density at radius 3 is 3.00 bits per heavy atom. The van der Waals surface area contributed by atoms with Gasteiger partial charge in [-0.1, -0.05) is 25.5 Å². The highest BCUT2D eigenvalue weighted by Gasteiger charge is 2.29. The van der Waals surface area contributed by atoms with Crippen molar-refractivity contribution in [1.29, 1.82) is 0 Å². The van der Waals surface area contributed by atoms with Gasteiger partial charge in [0.25, 0.3) is 5.91 Å². The Morgan fingerprint density at radius 2 is 2.22 bits per heavy atom. The van der Waals surface area contributed by atoms with Gasteiger partial charge in [0.15, 0.2) is 0 Å². The third-order valence-corrected chi connectivity index (χ3v) is 5.48. The van der Waals surface area contributed by atoms with Crippen LogP contribution in [0.4, 0.5) is 0 Å². The molecule has 6 heteroatoms. The molecule has 0 unspecified atom stereocenters. The lowest BCUT2D eigenvalue weighted by Gasteiger charge is -2.31. The Labute approximate surface area is 159 Å². The normalized spacial score (nSPS) is 17.6. The molecule has 0 aliphatic carbocycles. The third-order valence-electron chi connectivity index (χ3n) is 5.48. The summed E-state index contributed by atoms with van der Waals surface area (Å²) in [5, 5.41) is 4.48. The molecule has 4 rings (SSSR count). The molecule has 1 fully saturated rings. The van der Waals surface area contributed by atoms with Crippen molar-refractivity contribution < 1.29 is 4.79 Å².